The molecule has 1 heterocycles. The van der Waals surface area contributed by atoms with Crippen LogP contribution in [0.3, 0.4) is 0 Å². The minimum absolute atomic E-state index is 0.0590. The molecule has 1 amide bonds. The molecule has 2 rings (SSSR count). The molecule has 1 aliphatic heterocycles. The summed E-state index contributed by atoms with van der Waals surface area (Å²) in [6.07, 6.45) is 6.68. The van der Waals surface area contributed by atoms with Gasteiger partial charge in [-0.25, -0.2) is 0 Å². The van der Waals surface area contributed by atoms with E-state index in [1.807, 2.05) is 6.92 Å². The maximum Gasteiger partial charge on any atom is 0.240 e. The number of hydrogen-bond acceptors (Lipinski definition) is 3. The van der Waals surface area contributed by atoms with Crippen LogP contribution < -0.4 is 5.32 Å². The number of nitriles is 1. The van der Waals surface area contributed by atoms with Crippen molar-refractivity contribution in [2.75, 3.05) is 13.2 Å². The van der Waals surface area contributed by atoms with Crippen molar-refractivity contribution in [3.05, 3.63) is 0 Å². The number of amides is 1. The average Bonchev–Trinajstić information content (AvgIpc) is 2.84. The minimum Gasteiger partial charge on any atom is -0.381 e. The molecule has 2 unspecified atom stereocenters. The molecule has 0 radical (unpaired) electrons. The van der Waals surface area contributed by atoms with E-state index in [4.69, 9.17) is 4.74 Å². The van der Waals surface area contributed by atoms with Crippen LogP contribution in [0.4, 0.5) is 0 Å². The Morgan fingerprint density at radius 1 is 1.37 bits per heavy atom. The summed E-state index contributed by atoms with van der Waals surface area (Å²) in [6.45, 7) is 3.54. The van der Waals surface area contributed by atoms with Gasteiger partial charge in [-0.1, -0.05) is 25.7 Å². The highest BCUT2D eigenvalue weighted by Gasteiger charge is 2.40. The van der Waals surface area contributed by atoms with E-state index in [2.05, 4.69) is 11.4 Å². The molecule has 4 heteroatoms. The Bertz CT molecular complexity index is 348. The third kappa shape index (κ3) is 3.27. The monoisotopic (exact) mass is 264 g/mol. The van der Waals surface area contributed by atoms with Crippen molar-refractivity contribution in [3.8, 4) is 6.07 Å². The van der Waals surface area contributed by atoms with Gasteiger partial charge < -0.3 is 10.1 Å². The number of nitrogens with zero attached hydrogens (tertiary/aromatic N) is 1. The molecule has 1 saturated carbocycles. The van der Waals surface area contributed by atoms with E-state index in [1.54, 1.807) is 0 Å². The molecule has 2 fully saturated rings. The number of rotatable bonds is 3. The summed E-state index contributed by atoms with van der Waals surface area (Å²) < 4.78 is 5.36. The third-order valence-electron chi connectivity index (χ3n) is 4.64. The Kier molecular flexibility index (Phi) is 4.81. The standard InChI is InChI=1S/C15H24N2O2/c1-12(13-6-9-19-10-13)17-14(18)15(11-16)7-4-2-3-5-8-15/h12-13H,2-10H2,1H3,(H,17,18). The Balaban J connectivity index is 1.97. The molecule has 0 aromatic heterocycles. The van der Waals surface area contributed by atoms with Crippen molar-refractivity contribution in [3.63, 3.8) is 0 Å². The van der Waals surface area contributed by atoms with Crippen molar-refractivity contribution in [1.29, 1.82) is 5.26 Å². The second-order valence-corrected chi connectivity index (χ2v) is 5.99. The van der Waals surface area contributed by atoms with Gasteiger partial charge in [-0.3, -0.25) is 4.79 Å². The lowest BCUT2D eigenvalue weighted by molar-refractivity contribution is -0.129. The van der Waals surface area contributed by atoms with Gasteiger partial charge in [0.15, 0.2) is 0 Å². The Labute approximate surface area is 115 Å². The lowest BCUT2D eigenvalue weighted by atomic mass is 9.80. The first kappa shape index (κ1) is 14.3. The van der Waals surface area contributed by atoms with E-state index >= 15 is 0 Å². The first-order valence-corrected chi connectivity index (χ1v) is 7.48. The predicted octanol–water partition coefficient (Wildman–Crippen LogP) is 2.39. The van der Waals surface area contributed by atoms with E-state index in [-0.39, 0.29) is 11.9 Å². The molecule has 1 aliphatic carbocycles. The zero-order valence-corrected chi connectivity index (χ0v) is 11.8. The number of ether oxygens (including phenoxy) is 1. The molecule has 4 nitrogen and oxygen atoms in total. The van der Waals surface area contributed by atoms with Gasteiger partial charge in [-0.05, 0) is 26.2 Å². The summed E-state index contributed by atoms with van der Waals surface area (Å²) >= 11 is 0. The van der Waals surface area contributed by atoms with Crippen LogP contribution in [-0.2, 0) is 9.53 Å². The summed E-state index contributed by atoms with van der Waals surface area (Å²) in [5.41, 5.74) is -0.787. The highest BCUT2D eigenvalue weighted by atomic mass is 16.5. The molecule has 1 N–H and O–H groups in total. The lowest BCUT2D eigenvalue weighted by Gasteiger charge is -2.27. The van der Waals surface area contributed by atoms with Gasteiger partial charge in [-0.15, -0.1) is 0 Å². The molecular formula is C15H24N2O2. The van der Waals surface area contributed by atoms with E-state index in [0.29, 0.717) is 18.8 Å². The third-order valence-corrected chi connectivity index (χ3v) is 4.64. The minimum atomic E-state index is -0.787. The lowest BCUT2D eigenvalue weighted by Crippen LogP contribution is -2.46. The molecule has 0 spiro atoms. The second kappa shape index (κ2) is 6.38. The van der Waals surface area contributed by atoms with Crippen molar-refractivity contribution in [2.45, 2.75) is 57.9 Å². The normalized spacial score (nSPS) is 28.1. The molecule has 2 aliphatic rings. The predicted molar refractivity (Wildman–Crippen MR) is 72.3 cm³/mol. The topological polar surface area (TPSA) is 62.1 Å². The zero-order chi connectivity index (χ0) is 13.7. The van der Waals surface area contributed by atoms with Crippen LogP contribution >= 0.6 is 0 Å². The van der Waals surface area contributed by atoms with Gasteiger partial charge >= 0.3 is 0 Å². The maximum absolute atomic E-state index is 12.5. The SMILES string of the molecule is CC(NC(=O)C1(C#N)CCCCCC1)C1CCOC1. The van der Waals surface area contributed by atoms with Gasteiger partial charge in [-0.2, -0.15) is 5.26 Å². The highest BCUT2D eigenvalue weighted by molar-refractivity contribution is 5.85. The smallest absolute Gasteiger partial charge is 0.240 e. The molecule has 0 aromatic rings. The molecule has 0 aromatic carbocycles. The summed E-state index contributed by atoms with van der Waals surface area (Å²) in [4.78, 5) is 12.5. The van der Waals surface area contributed by atoms with Crippen LogP contribution in [0.25, 0.3) is 0 Å². The number of carbonyl (C=O) groups is 1. The van der Waals surface area contributed by atoms with E-state index in [0.717, 1.165) is 45.3 Å². The molecule has 1 saturated heterocycles. The van der Waals surface area contributed by atoms with Gasteiger partial charge in [0.25, 0.3) is 0 Å². The van der Waals surface area contributed by atoms with Crippen molar-refractivity contribution in [2.24, 2.45) is 11.3 Å². The molecule has 0 bridgehead atoms. The molecule has 106 valence electrons. The van der Waals surface area contributed by atoms with Crippen LogP contribution in [0, 0.1) is 22.7 Å². The van der Waals surface area contributed by atoms with E-state index in [1.165, 1.54) is 0 Å². The fraction of sp³-hybridized carbons (Fsp3) is 0.867. The molecular weight excluding hydrogens is 240 g/mol. The quantitative estimate of drug-likeness (QED) is 0.796. The van der Waals surface area contributed by atoms with Crippen molar-refractivity contribution in [1.82, 2.24) is 5.32 Å². The van der Waals surface area contributed by atoms with Crippen LogP contribution in [-0.4, -0.2) is 25.2 Å². The van der Waals surface area contributed by atoms with E-state index in [9.17, 15) is 10.1 Å². The number of nitrogens with one attached hydrogen (secondary N) is 1. The van der Waals surface area contributed by atoms with Crippen LogP contribution in [0.1, 0.15) is 51.9 Å². The zero-order valence-electron chi connectivity index (χ0n) is 11.8. The Morgan fingerprint density at radius 3 is 2.58 bits per heavy atom. The van der Waals surface area contributed by atoms with Gasteiger partial charge in [0.1, 0.15) is 5.41 Å². The largest absolute Gasteiger partial charge is 0.381 e. The van der Waals surface area contributed by atoms with Crippen molar-refractivity contribution < 1.29 is 9.53 Å². The van der Waals surface area contributed by atoms with Gasteiger partial charge in [0.2, 0.25) is 5.91 Å². The Morgan fingerprint density at radius 2 is 2.05 bits per heavy atom. The van der Waals surface area contributed by atoms with Crippen LogP contribution in [0.5, 0.6) is 0 Å². The first-order chi connectivity index (χ1) is 9.18. The number of carbonyl (C=O) groups excluding carboxylic acids is 1. The summed E-state index contributed by atoms with van der Waals surface area (Å²) in [5.74, 6) is 0.335. The first-order valence-electron chi connectivity index (χ1n) is 7.48. The van der Waals surface area contributed by atoms with Gasteiger partial charge in [0.05, 0.1) is 12.7 Å². The summed E-state index contributed by atoms with van der Waals surface area (Å²) in [5, 5.41) is 12.5. The van der Waals surface area contributed by atoms with Gasteiger partial charge in [0, 0.05) is 18.6 Å². The number of hydrogen-bond donors (Lipinski definition) is 1. The van der Waals surface area contributed by atoms with Crippen LogP contribution in [0.2, 0.25) is 0 Å². The maximum atomic E-state index is 12.5. The van der Waals surface area contributed by atoms with Crippen molar-refractivity contribution >= 4 is 5.91 Å². The Hall–Kier alpha value is -1.08. The van der Waals surface area contributed by atoms with E-state index < -0.39 is 5.41 Å². The molecule has 2 atom stereocenters. The highest BCUT2D eigenvalue weighted by Crippen LogP contribution is 2.35. The van der Waals surface area contributed by atoms with Crippen LogP contribution in [0.15, 0.2) is 0 Å². The summed E-state index contributed by atoms with van der Waals surface area (Å²) in [7, 11) is 0. The fourth-order valence-corrected chi connectivity index (χ4v) is 3.13. The second-order valence-electron chi connectivity index (χ2n) is 5.99. The average molecular weight is 264 g/mol. The molecule has 19 heavy (non-hydrogen) atoms. The summed E-state index contributed by atoms with van der Waals surface area (Å²) in [6, 6.07) is 2.41. The fourth-order valence-electron chi connectivity index (χ4n) is 3.13.